The first-order valence-corrected chi connectivity index (χ1v) is 6.38. The fraction of sp³-hybridized carbons (Fsp3) is 0.231. The van der Waals surface area contributed by atoms with Crippen molar-refractivity contribution in [2.75, 3.05) is 14.1 Å². The summed E-state index contributed by atoms with van der Waals surface area (Å²) in [6, 6.07) is 9.38. The molecule has 0 radical (unpaired) electrons. The van der Waals surface area contributed by atoms with Gasteiger partial charge in [-0.25, -0.2) is 4.79 Å². The number of carbonyl (C=O) groups excluding carboxylic acids is 2. The molecule has 0 aromatic heterocycles. The normalized spacial score (nSPS) is 10.9. The Kier molecular flexibility index (Phi) is 5.84. The van der Waals surface area contributed by atoms with E-state index in [0.29, 0.717) is 0 Å². The second-order valence-corrected chi connectivity index (χ2v) is 4.95. The highest BCUT2D eigenvalue weighted by Gasteiger charge is 2.10. The SMILES string of the molecule is CN(C)C(=O)/C=C(/I)C(=O)OCc1ccccc1. The van der Waals surface area contributed by atoms with Gasteiger partial charge in [-0.15, -0.1) is 0 Å². The molecule has 1 amide bonds. The Morgan fingerprint density at radius 2 is 1.89 bits per heavy atom. The maximum absolute atomic E-state index is 11.6. The summed E-state index contributed by atoms with van der Waals surface area (Å²) in [6.45, 7) is 0.205. The molecule has 1 aromatic carbocycles. The third-order valence-corrected chi connectivity index (χ3v) is 2.85. The molecule has 4 nitrogen and oxygen atoms in total. The van der Waals surface area contributed by atoms with E-state index in [1.807, 2.05) is 30.3 Å². The van der Waals surface area contributed by atoms with Crippen molar-refractivity contribution in [2.24, 2.45) is 0 Å². The number of likely N-dealkylation sites (N-methyl/N-ethyl adjacent to an activating group) is 1. The van der Waals surface area contributed by atoms with Crippen LogP contribution in [-0.2, 0) is 20.9 Å². The van der Waals surface area contributed by atoms with Gasteiger partial charge < -0.3 is 9.64 Å². The van der Waals surface area contributed by atoms with Gasteiger partial charge in [0, 0.05) is 20.2 Å². The molecule has 96 valence electrons. The van der Waals surface area contributed by atoms with E-state index in [-0.39, 0.29) is 16.1 Å². The molecule has 0 N–H and O–H groups in total. The van der Waals surface area contributed by atoms with Crippen LogP contribution in [0.5, 0.6) is 0 Å². The van der Waals surface area contributed by atoms with Crippen molar-refractivity contribution in [3.05, 3.63) is 45.6 Å². The summed E-state index contributed by atoms with van der Waals surface area (Å²) >= 11 is 1.80. The van der Waals surface area contributed by atoms with Gasteiger partial charge in [0.25, 0.3) is 0 Å². The zero-order valence-corrected chi connectivity index (χ0v) is 12.4. The Hall–Kier alpha value is -1.37. The van der Waals surface area contributed by atoms with Gasteiger partial charge in [-0.3, -0.25) is 4.79 Å². The van der Waals surface area contributed by atoms with Crippen LogP contribution in [0, 0.1) is 0 Å². The molecule has 0 saturated carbocycles. The zero-order chi connectivity index (χ0) is 13.5. The van der Waals surface area contributed by atoms with Gasteiger partial charge in [0.15, 0.2) is 0 Å². The van der Waals surface area contributed by atoms with Crippen molar-refractivity contribution in [3.8, 4) is 0 Å². The summed E-state index contributed by atoms with van der Waals surface area (Å²) in [4.78, 5) is 24.4. The van der Waals surface area contributed by atoms with Crippen molar-refractivity contribution in [3.63, 3.8) is 0 Å². The number of hydrogen-bond acceptors (Lipinski definition) is 3. The first-order chi connectivity index (χ1) is 8.50. The third kappa shape index (κ3) is 4.87. The standard InChI is InChI=1S/C13H14INO3/c1-15(2)12(16)8-11(14)13(17)18-9-10-6-4-3-5-7-10/h3-8H,9H2,1-2H3/b11-8+. The van der Waals surface area contributed by atoms with Crippen molar-refractivity contribution < 1.29 is 14.3 Å². The van der Waals surface area contributed by atoms with Gasteiger partial charge in [-0.1, -0.05) is 30.3 Å². The van der Waals surface area contributed by atoms with Gasteiger partial charge >= 0.3 is 5.97 Å². The molecule has 0 saturated heterocycles. The Labute approximate surface area is 120 Å². The molecule has 0 bridgehead atoms. The number of nitrogens with zero attached hydrogens (tertiary/aromatic N) is 1. The molecule has 0 aliphatic rings. The molecule has 5 heteroatoms. The van der Waals surface area contributed by atoms with Crippen LogP contribution in [0.4, 0.5) is 0 Å². The number of amides is 1. The number of esters is 1. The van der Waals surface area contributed by atoms with Crippen molar-refractivity contribution in [1.29, 1.82) is 0 Å². The number of benzene rings is 1. The Balaban J connectivity index is 2.53. The second kappa shape index (κ2) is 7.15. The minimum Gasteiger partial charge on any atom is -0.457 e. The van der Waals surface area contributed by atoms with Gasteiger partial charge in [0.05, 0.1) is 0 Å². The van der Waals surface area contributed by atoms with Gasteiger partial charge in [0.1, 0.15) is 10.2 Å². The van der Waals surface area contributed by atoms with Crippen LogP contribution in [0.1, 0.15) is 5.56 Å². The minimum absolute atomic E-state index is 0.205. The summed E-state index contributed by atoms with van der Waals surface area (Å²) in [5, 5.41) is 0. The average molecular weight is 359 g/mol. The van der Waals surface area contributed by atoms with Crippen molar-refractivity contribution in [2.45, 2.75) is 6.61 Å². The molecule has 0 spiro atoms. The second-order valence-electron chi connectivity index (χ2n) is 3.79. The summed E-state index contributed by atoms with van der Waals surface area (Å²) in [5.74, 6) is -0.731. The van der Waals surface area contributed by atoms with Crippen LogP contribution < -0.4 is 0 Å². The van der Waals surface area contributed by atoms with Gasteiger partial charge in [0.2, 0.25) is 5.91 Å². The van der Waals surface area contributed by atoms with E-state index in [1.165, 1.54) is 11.0 Å². The Morgan fingerprint density at radius 3 is 2.44 bits per heavy atom. The maximum atomic E-state index is 11.6. The number of hydrogen-bond donors (Lipinski definition) is 0. The van der Waals surface area contributed by atoms with Crippen molar-refractivity contribution >= 4 is 34.5 Å². The van der Waals surface area contributed by atoms with Crippen LogP contribution in [0.15, 0.2) is 40.0 Å². The monoisotopic (exact) mass is 359 g/mol. The topological polar surface area (TPSA) is 46.6 Å². The largest absolute Gasteiger partial charge is 0.457 e. The zero-order valence-electron chi connectivity index (χ0n) is 10.2. The van der Waals surface area contributed by atoms with E-state index in [9.17, 15) is 9.59 Å². The van der Waals surface area contributed by atoms with E-state index in [1.54, 1.807) is 36.7 Å². The lowest BCUT2D eigenvalue weighted by Gasteiger charge is -2.07. The van der Waals surface area contributed by atoms with Crippen LogP contribution in [0.2, 0.25) is 0 Å². The predicted octanol–water partition coefficient (Wildman–Crippen LogP) is 2.14. The Bertz CT molecular complexity index is 455. The maximum Gasteiger partial charge on any atom is 0.344 e. The summed E-state index contributed by atoms with van der Waals surface area (Å²) in [7, 11) is 3.25. The quantitative estimate of drug-likeness (QED) is 0.470. The fourth-order valence-electron chi connectivity index (χ4n) is 1.09. The lowest BCUT2D eigenvalue weighted by molar-refractivity contribution is -0.139. The molecule has 1 aromatic rings. The molecule has 0 heterocycles. The highest BCUT2D eigenvalue weighted by molar-refractivity contribution is 14.1. The molecular weight excluding hydrogens is 345 g/mol. The van der Waals surface area contributed by atoms with E-state index in [4.69, 9.17) is 4.74 Å². The predicted molar refractivity (Wildman–Crippen MR) is 77.0 cm³/mol. The van der Waals surface area contributed by atoms with Crippen LogP contribution >= 0.6 is 22.6 Å². The van der Waals surface area contributed by atoms with Gasteiger partial charge in [-0.05, 0) is 28.2 Å². The van der Waals surface area contributed by atoms with Gasteiger partial charge in [-0.2, -0.15) is 0 Å². The van der Waals surface area contributed by atoms with E-state index < -0.39 is 5.97 Å². The molecule has 0 aliphatic carbocycles. The lowest BCUT2D eigenvalue weighted by Crippen LogP contribution is -2.20. The van der Waals surface area contributed by atoms with Crippen LogP contribution in [-0.4, -0.2) is 30.9 Å². The minimum atomic E-state index is -0.491. The van der Waals surface area contributed by atoms with Crippen molar-refractivity contribution in [1.82, 2.24) is 4.90 Å². The number of halogens is 1. The smallest absolute Gasteiger partial charge is 0.344 e. The number of ether oxygens (including phenoxy) is 1. The highest BCUT2D eigenvalue weighted by atomic mass is 127. The highest BCUT2D eigenvalue weighted by Crippen LogP contribution is 2.11. The molecule has 18 heavy (non-hydrogen) atoms. The van der Waals surface area contributed by atoms with Crippen LogP contribution in [0.3, 0.4) is 0 Å². The molecule has 0 aliphatic heterocycles. The number of carbonyl (C=O) groups is 2. The van der Waals surface area contributed by atoms with E-state index >= 15 is 0 Å². The summed E-state index contributed by atoms with van der Waals surface area (Å²) in [5.41, 5.74) is 0.911. The molecule has 0 atom stereocenters. The van der Waals surface area contributed by atoms with E-state index in [0.717, 1.165) is 5.56 Å². The van der Waals surface area contributed by atoms with Crippen LogP contribution in [0.25, 0.3) is 0 Å². The molecular formula is C13H14INO3. The summed E-state index contributed by atoms with van der Waals surface area (Å²) < 4.78 is 5.35. The fourth-order valence-corrected chi connectivity index (χ4v) is 1.51. The Morgan fingerprint density at radius 1 is 1.28 bits per heavy atom. The third-order valence-electron chi connectivity index (χ3n) is 2.10. The average Bonchev–Trinajstić information content (AvgIpc) is 2.36. The first kappa shape index (κ1) is 14.7. The molecule has 0 unspecified atom stereocenters. The molecule has 1 rings (SSSR count). The summed E-state index contributed by atoms with van der Waals surface area (Å²) in [6.07, 6.45) is 1.26. The van der Waals surface area contributed by atoms with E-state index in [2.05, 4.69) is 0 Å². The first-order valence-electron chi connectivity index (χ1n) is 5.30. The number of rotatable bonds is 4. The molecule has 0 fully saturated rings. The lowest BCUT2D eigenvalue weighted by atomic mass is 10.2.